The molecule has 7 heteroatoms. The maximum atomic E-state index is 12.6. The van der Waals surface area contributed by atoms with E-state index in [4.69, 9.17) is 16.3 Å². The molecule has 1 aromatic carbocycles. The fraction of sp³-hybridized carbons (Fsp3) is 0.476. The van der Waals surface area contributed by atoms with Gasteiger partial charge in [0.25, 0.3) is 0 Å². The van der Waals surface area contributed by atoms with Crippen molar-refractivity contribution in [3.8, 4) is 11.3 Å². The number of nitrogens with one attached hydrogen (secondary N) is 1. The molecule has 0 bridgehead atoms. The van der Waals surface area contributed by atoms with E-state index in [9.17, 15) is 4.79 Å². The smallest absolute Gasteiger partial charge is 0.224 e. The van der Waals surface area contributed by atoms with Gasteiger partial charge < -0.3 is 15.0 Å². The number of rotatable bonds is 5. The highest BCUT2D eigenvalue weighted by Crippen LogP contribution is 2.24. The molecular weight excluding hydrogens is 376 g/mol. The lowest BCUT2D eigenvalue weighted by molar-refractivity contribution is -0.125. The predicted molar refractivity (Wildman–Crippen MR) is 109 cm³/mol. The van der Waals surface area contributed by atoms with Crippen LogP contribution in [0.1, 0.15) is 25.7 Å². The highest BCUT2D eigenvalue weighted by atomic mass is 35.5. The molecule has 0 radical (unpaired) electrons. The summed E-state index contributed by atoms with van der Waals surface area (Å²) >= 11 is 5.94. The molecule has 2 fully saturated rings. The molecule has 2 saturated heterocycles. The third-order valence-electron chi connectivity index (χ3n) is 5.43. The van der Waals surface area contributed by atoms with Gasteiger partial charge in [-0.25, -0.2) is 0 Å². The summed E-state index contributed by atoms with van der Waals surface area (Å²) < 4.78 is 5.58. The summed E-state index contributed by atoms with van der Waals surface area (Å²) in [5.41, 5.74) is 1.79. The van der Waals surface area contributed by atoms with Gasteiger partial charge in [0.05, 0.1) is 17.7 Å². The minimum Gasteiger partial charge on any atom is -0.376 e. The molecule has 2 atom stereocenters. The maximum Gasteiger partial charge on any atom is 0.224 e. The highest BCUT2D eigenvalue weighted by Gasteiger charge is 2.27. The number of aromatic nitrogens is 2. The van der Waals surface area contributed by atoms with Gasteiger partial charge in [-0.1, -0.05) is 23.7 Å². The standard InChI is InChI=1S/C21H25ClN4O2/c22-17-7-5-15(6-8-17)19-9-10-20(25-24-19)26-11-1-3-16(14-26)21(27)23-13-18-4-2-12-28-18/h5-10,16,18H,1-4,11-14H2,(H,23,27). The van der Waals surface area contributed by atoms with Crippen molar-refractivity contribution >= 4 is 23.3 Å². The minimum absolute atomic E-state index is 0.0205. The molecule has 2 aromatic rings. The summed E-state index contributed by atoms with van der Waals surface area (Å²) in [5, 5.41) is 12.5. The monoisotopic (exact) mass is 400 g/mol. The number of anilines is 1. The van der Waals surface area contributed by atoms with Gasteiger partial charge in [0.2, 0.25) is 5.91 Å². The number of piperidine rings is 1. The van der Waals surface area contributed by atoms with Crippen LogP contribution in [0, 0.1) is 5.92 Å². The van der Waals surface area contributed by atoms with Crippen LogP contribution in [-0.2, 0) is 9.53 Å². The fourth-order valence-electron chi connectivity index (χ4n) is 3.83. The van der Waals surface area contributed by atoms with Crippen LogP contribution in [0.5, 0.6) is 0 Å². The van der Waals surface area contributed by atoms with Crippen LogP contribution in [0.25, 0.3) is 11.3 Å². The van der Waals surface area contributed by atoms with Crippen LogP contribution in [0.4, 0.5) is 5.82 Å². The van der Waals surface area contributed by atoms with E-state index < -0.39 is 0 Å². The second kappa shape index (κ2) is 8.88. The number of amides is 1. The summed E-state index contributed by atoms with van der Waals surface area (Å²) in [6, 6.07) is 11.5. The maximum absolute atomic E-state index is 12.6. The summed E-state index contributed by atoms with van der Waals surface area (Å²) in [6.45, 7) is 2.99. The lowest BCUT2D eigenvalue weighted by Crippen LogP contribution is -2.45. The average Bonchev–Trinajstić information content (AvgIpc) is 3.26. The van der Waals surface area contributed by atoms with E-state index in [1.165, 1.54) is 0 Å². The normalized spacial score (nSPS) is 22.2. The van der Waals surface area contributed by atoms with Gasteiger partial charge in [-0.3, -0.25) is 4.79 Å². The first-order chi connectivity index (χ1) is 13.7. The number of nitrogens with zero attached hydrogens (tertiary/aromatic N) is 3. The zero-order valence-corrected chi connectivity index (χ0v) is 16.6. The molecular formula is C21H25ClN4O2. The Hall–Kier alpha value is -2.18. The molecule has 0 spiro atoms. The largest absolute Gasteiger partial charge is 0.376 e. The molecule has 3 heterocycles. The quantitative estimate of drug-likeness (QED) is 0.833. The van der Waals surface area contributed by atoms with Crippen LogP contribution in [0.2, 0.25) is 5.02 Å². The third kappa shape index (κ3) is 4.62. The van der Waals surface area contributed by atoms with Gasteiger partial charge in [0.15, 0.2) is 5.82 Å². The van der Waals surface area contributed by atoms with Crippen molar-refractivity contribution in [2.45, 2.75) is 31.8 Å². The van der Waals surface area contributed by atoms with E-state index in [1.807, 2.05) is 36.4 Å². The number of hydrogen-bond donors (Lipinski definition) is 1. The molecule has 1 amide bonds. The van der Waals surface area contributed by atoms with E-state index >= 15 is 0 Å². The summed E-state index contributed by atoms with van der Waals surface area (Å²) in [6.07, 6.45) is 4.17. The van der Waals surface area contributed by atoms with E-state index in [0.717, 1.165) is 55.9 Å². The zero-order chi connectivity index (χ0) is 19.3. The molecule has 6 nitrogen and oxygen atoms in total. The Morgan fingerprint density at radius 3 is 2.71 bits per heavy atom. The van der Waals surface area contributed by atoms with Gasteiger partial charge in [-0.2, -0.15) is 0 Å². The molecule has 148 valence electrons. The molecule has 28 heavy (non-hydrogen) atoms. The van der Waals surface area contributed by atoms with Gasteiger partial charge in [0.1, 0.15) is 0 Å². The molecule has 2 aliphatic heterocycles. The Bertz CT molecular complexity index is 791. The van der Waals surface area contributed by atoms with Crippen LogP contribution in [0.15, 0.2) is 36.4 Å². The number of ether oxygens (including phenoxy) is 1. The first kappa shape index (κ1) is 19.2. The number of benzene rings is 1. The topological polar surface area (TPSA) is 67.3 Å². The van der Waals surface area contributed by atoms with Crippen LogP contribution in [-0.4, -0.2) is 48.4 Å². The average molecular weight is 401 g/mol. The molecule has 0 aliphatic carbocycles. The third-order valence-corrected chi connectivity index (χ3v) is 5.69. The molecule has 1 N–H and O–H groups in total. The Balaban J connectivity index is 1.35. The van der Waals surface area contributed by atoms with Crippen molar-refractivity contribution in [3.63, 3.8) is 0 Å². The lowest BCUT2D eigenvalue weighted by Gasteiger charge is -2.32. The van der Waals surface area contributed by atoms with Crippen molar-refractivity contribution in [2.24, 2.45) is 5.92 Å². The summed E-state index contributed by atoms with van der Waals surface area (Å²) in [4.78, 5) is 14.7. The van der Waals surface area contributed by atoms with Gasteiger partial charge in [0, 0.05) is 36.8 Å². The van der Waals surface area contributed by atoms with E-state index in [2.05, 4.69) is 20.4 Å². The van der Waals surface area contributed by atoms with Gasteiger partial charge >= 0.3 is 0 Å². The van der Waals surface area contributed by atoms with E-state index in [-0.39, 0.29) is 17.9 Å². The Morgan fingerprint density at radius 2 is 2.00 bits per heavy atom. The first-order valence-electron chi connectivity index (χ1n) is 9.93. The van der Waals surface area contributed by atoms with Crippen LogP contribution in [0.3, 0.4) is 0 Å². The van der Waals surface area contributed by atoms with Crippen LogP contribution >= 0.6 is 11.6 Å². The SMILES string of the molecule is O=C(NCC1CCCO1)C1CCCN(c2ccc(-c3ccc(Cl)cc3)nn2)C1. The molecule has 4 rings (SSSR count). The Kier molecular flexibility index (Phi) is 6.07. The predicted octanol–water partition coefficient (Wildman–Crippen LogP) is 3.31. The minimum atomic E-state index is -0.0205. The second-order valence-corrected chi connectivity index (χ2v) is 7.89. The van der Waals surface area contributed by atoms with Crippen molar-refractivity contribution in [1.29, 1.82) is 0 Å². The van der Waals surface area contributed by atoms with E-state index in [1.54, 1.807) is 0 Å². The fourth-order valence-corrected chi connectivity index (χ4v) is 3.96. The number of carbonyl (C=O) groups is 1. The van der Waals surface area contributed by atoms with Crippen LogP contribution < -0.4 is 10.2 Å². The van der Waals surface area contributed by atoms with E-state index in [0.29, 0.717) is 18.1 Å². The van der Waals surface area contributed by atoms with Crippen molar-refractivity contribution in [3.05, 3.63) is 41.4 Å². The van der Waals surface area contributed by atoms with Gasteiger partial charge in [-0.05, 0) is 49.9 Å². The number of halogens is 1. The Morgan fingerprint density at radius 1 is 1.14 bits per heavy atom. The van der Waals surface area contributed by atoms with Crippen molar-refractivity contribution in [2.75, 3.05) is 31.1 Å². The zero-order valence-electron chi connectivity index (χ0n) is 15.8. The molecule has 0 saturated carbocycles. The molecule has 2 aliphatic rings. The molecule has 2 unspecified atom stereocenters. The molecule has 1 aromatic heterocycles. The Labute approximate surface area is 170 Å². The number of carbonyl (C=O) groups excluding carboxylic acids is 1. The van der Waals surface area contributed by atoms with Gasteiger partial charge in [-0.15, -0.1) is 10.2 Å². The summed E-state index contributed by atoms with van der Waals surface area (Å²) in [5.74, 6) is 0.910. The first-order valence-corrected chi connectivity index (χ1v) is 10.3. The second-order valence-electron chi connectivity index (χ2n) is 7.45. The van der Waals surface area contributed by atoms with Crippen molar-refractivity contribution in [1.82, 2.24) is 15.5 Å². The summed E-state index contributed by atoms with van der Waals surface area (Å²) in [7, 11) is 0. The number of hydrogen-bond acceptors (Lipinski definition) is 5. The van der Waals surface area contributed by atoms with Crippen molar-refractivity contribution < 1.29 is 9.53 Å². The lowest BCUT2D eigenvalue weighted by atomic mass is 9.97. The highest BCUT2D eigenvalue weighted by molar-refractivity contribution is 6.30.